The van der Waals surface area contributed by atoms with Crippen molar-refractivity contribution in [2.45, 2.75) is 0 Å². The van der Waals surface area contributed by atoms with Crippen LogP contribution >= 0.6 is 11.3 Å². The number of nitrogens with zero attached hydrogens (tertiary/aromatic N) is 1. The summed E-state index contributed by atoms with van der Waals surface area (Å²) < 4.78 is 0. The average molecular weight is 291 g/mol. The fourth-order valence-electron chi connectivity index (χ4n) is 1.38. The summed E-state index contributed by atoms with van der Waals surface area (Å²) in [5, 5.41) is 12.6. The molecule has 0 aliphatic carbocycles. The van der Waals surface area contributed by atoms with Gasteiger partial charge in [0.05, 0.1) is 0 Å². The summed E-state index contributed by atoms with van der Waals surface area (Å²) >= 11 is 0.935. The molecule has 0 spiro atoms. The van der Waals surface area contributed by atoms with E-state index in [-0.39, 0.29) is 10.7 Å². The van der Waals surface area contributed by atoms with E-state index in [2.05, 4.69) is 10.3 Å². The van der Waals surface area contributed by atoms with Crippen LogP contribution in [0.3, 0.4) is 0 Å². The second-order valence-electron chi connectivity index (χ2n) is 3.74. The fourth-order valence-corrected chi connectivity index (χ4v) is 2.06. The number of carbonyl (C=O) groups excluding carboxylic acids is 2. The van der Waals surface area contributed by atoms with E-state index >= 15 is 0 Å². The van der Waals surface area contributed by atoms with Gasteiger partial charge in [0.25, 0.3) is 5.91 Å². The van der Waals surface area contributed by atoms with Crippen molar-refractivity contribution in [3.63, 3.8) is 0 Å². The van der Waals surface area contributed by atoms with Crippen LogP contribution in [0.2, 0.25) is 0 Å². The van der Waals surface area contributed by atoms with Gasteiger partial charge < -0.3 is 16.2 Å². The third-order valence-corrected chi connectivity index (χ3v) is 3.19. The van der Waals surface area contributed by atoms with Crippen molar-refractivity contribution < 1.29 is 19.5 Å². The molecule has 0 aliphatic rings. The Morgan fingerprint density at radius 2 is 1.85 bits per heavy atom. The summed E-state index contributed by atoms with van der Waals surface area (Å²) in [6.45, 7) is 0. The molecule has 1 heterocycles. The van der Waals surface area contributed by atoms with Crippen LogP contribution < -0.4 is 11.1 Å². The monoisotopic (exact) mass is 291 g/mol. The quantitative estimate of drug-likeness (QED) is 0.781. The second kappa shape index (κ2) is 5.49. The third-order valence-electron chi connectivity index (χ3n) is 2.34. The molecule has 0 atom stereocenters. The Kier molecular flexibility index (Phi) is 3.76. The predicted octanol–water partition coefficient (Wildman–Crippen LogP) is 1.19. The molecule has 0 saturated carbocycles. The Balaban J connectivity index is 2.10. The third kappa shape index (κ3) is 2.98. The van der Waals surface area contributed by atoms with E-state index in [1.807, 2.05) is 0 Å². The number of amides is 2. The lowest BCUT2D eigenvalue weighted by molar-refractivity contribution is 0.0691. The predicted molar refractivity (Wildman–Crippen MR) is 72.0 cm³/mol. The van der Waals surface area contributed by atoms with Gasteiger partial charge in [-0.15, -0.1) is 11.3 Å². The minimum Gasteiger partial charge on any atom is -0.476 e. The summed E-state index contributed by atoms with van der Waals surface area (Å²) in [5.74, 6) is -2.27. The van der Waals surface area contributed by atoms with E-state index in [0.29, 0.717) is 11.3 Å². The molecule has 2 aromatic rings. The van der Waals surface area contributed by atoms with E-state index in [0.717, 1.165) is 11.3 Å². The summed E-state index contributed by atoms with van der Waals surface area (Å²) in [7, 11) is 0. The van der Waals surface area contributed by atoms with Gasteiger partial charge in [0.15, 0.2) is 10.7 Å². The molecule has 1 aromatic carbocycles. The molecule has 20 heavy (non-hydrogen) atoms. The number of thiazole rings is 1. The van der Waals surface area contributed by atoms with Gasteiger partial charge in [0, 0.05) is 16.6 Å². The number of carboxylic acid groups (broad SMARTS) is 1. The first-order valence-corrected chi connectivity index (χ1v) is 6.25. The maximum absolute atomic E-state index is 11.8. The van der Waals surface area contributed by atoms with Crippen molar-refractivity contribution in [1.82, 2.24) is 4.98 Å². The molecule has 102 valence electrons. The molecule has 0 radical (unpaired) electrons. The zero-order valence-corrected chi connectivity index (χ0v) is 10.8. The first-order valence-electron chi connectivity index (χ1n) is 5.37. The standard InChI is InChI=1S/C12H9N3O4S/c13-9(16)6-1-3-7(4-2-6)14-10(17)11-15-8(5-20-11)12(18)19/h1-5H,(H2,13,16)(H,14,17)(H,18,19). The molecule has 0 saturated heterocycles. The van der Waals surface area contributed by atoms with Crippen molar-refractivity contribution in [3.8, 4) is 0 Å². The molecule has 7 nitrogen and oxygen atoms in total. The number of anilines is 1. The number of nitrogens with one attached hydrogen (secondary N) is 1. The zero-order chi connectivity index (χ0) is 14.7. The van der Waals surface area contributed by atoms with Gasteiger partial charge in [-0.3, -0.25) is 9.59 Å². The Bertz CT molecular complexity index is 678. The van der Waals surface area contributed by atoms with Crippen molar-refractivity contribution in [2.24, 2.45) is 5.73 Å². The SMILES string of the molecule is NC(=O)c1ccc(NC(=O)c2nc(C(=O)O)cs2)cc1. The van der Waals surface area contributed by atoms with E-state index < -0.39 is 17.8 Å². The van der Waals surface area contributed by atoms with Gasteiger partial charge in [-0.05, 0) is 24.3 Å². The van der Waals surface area contributed by atoms with E-state index in [1.165, 1.54) is 29.6 Å². The van der Waals surface area contributed by atoms with Crippen molar-refractivity contribution in [2.75, 3.05) is 5.32 Å². The van der Waals surface area contributed by atoms with Gasteiger partial charge in [0.1, 0.15) is 0 Å². The summed E-state index contributed by atoms with van der Waals surface area (Å²) in [4.78, 5) is 37.1. The number of rotatable bonds is 4. The summed E-state index contributed by atoms with van der Waals surface area (Å²) in [6.07, 6.45) is 0. The lowest BCUT2D eigenvalue weighted by atomic mass is 10.2. The highest BCUT2D eigenvalue weighted by atomic mass is 32.1. The maximum atomic E-state index is 11.8. The molecule has 0 aliphatic heterocycles. The molecule has 8 heteroatoms. The number of benzene rings is 1. The van der Waals surface area contributed by atoms with E-state index in [9.17, 15) is 14.4 Å². The fraction of sp³-hybridized carbons (Fsp3) is 0. The smallest absolute Gasteiger partial charge is 0.355 e. The van der Waals surface area contributed by atoms with Crippen molar-refractivity contribution in [1.29, 1.82) is 0 Å². The molecule has 0 unspecified atom stereocenters. The van der Waals surface area contributed by atoms with Gasteiger partial charge in [-0.2, -0.15) is 0 Å². The van der Waals surface area contributed by atoms with Crippen LogP contribution in [0.4, 0.5) is 5.69 Å². The van der Waals surface area contributed by atoms with Gasteiger partial charge in [0.2, 0.25) is 5.91 Å². The van der Waals surface area contributed by atoms with Crippen LogP contribution in [0.1, 0.15) is 30.6 Å². The average Bonchev–Trinajstić information content (AvgIpc) is 2.89. The summed E-state index contributed by atoms with van der Waals surface area (Å²) in [6, 6.07) is 5.98. The Hall–Kier alpha value is -2.74. The van der Waals surface area contributed by atoms with Crippen LogP contribution in [-0.2, 0) is 0 Å². The molecule has 2 rings (SSSR count). The van der Waals surface area contributed by atoms with Crippen molar-refractivity contribution >= 4 is 34.8 Å². The second-order valence-corrected chi connectivity index (χ2v) is 4.60. The first-order chi connectivity index (χ1) is 9.47. The molecule has 0 bridgehead atoms. The molecular weight excluding hydrogens is 282 g/mol. The van der Waals surface area contributed by atoms with E-state index in [4.69, 9.17) is 10.8 Å². The Labute approximate surface area is 117 Å². The number of hydrogen-bond donors (Lipinski definition) is 3. The minimum absolute atomic E-state index is 0.0429. The Morgan fingerprint density at radius 3 is 2.35 bits per heavy atom. The van der Waals surface area contributed by atoms with E-state index in [1.54, 1.807) is 0 Å². The minimum atomic E-state index is -1.19. The van der Waals surface area contributed by atoms with Gasteiger partial charge >= 0.3 is 5.97 Å². The van der Waals surface area contributed by atoms with Crippen LogP contribution in [0, 0.1) is 0 Å². The molecule has 4 N–H and O–H groups in total. The number of nitrogens with two attached hydrogens (primary N) is 1. The highest BCUT2D eigenvalue weighted by Gasteiger charge is 2.14. The number of aromatic carboxylic acids is 1. The molecule has 1 aromatic heterocycles. The molecule has 2 amide bonds. The topological polar surface area (TPSA) is 122 Å². The van der Waals surface area contributed by atoms with Crippen LogP contribution in [0.5, 0.6) is 0 Å². The number of hydrogen-bond acceptors (Lipinski definition) is 5. The lowest BCUT2D eigenvalue weighted by Gasteiger charge is -2.03. The zero-order valence-electron chi connectivity index (χ0n) is 9.99. The molecular formula is C12H9N3O4S. The Morgan fingerprint density at radius 1 is 1.20 bits per heavy atom. The van der Waals surface area contributed by atoms with Gasteiger partial charge in [-0.25, -0.2) is 9.78 Å². The highest BCUT2D eigenvalue weighted by Crippen LogP contribution is 2.14. The molecule has 0 fully saturated rings. The number of aromatic nitrogens is 1. The van der Waals surface area contributed by atoms with Crippen LogP contribution in [0.15, 0.2) is 29.6 Å². The largest absolute Gasteiger partial charge is 0.476 e. The first kappa shape index (κ1) is 13.7. The van der Waals surface area contributed by atoms with Crippen LogP contribution in [0.25, 0.3) is 0 Å². The van der Waals surface area contributed by atoms with Gasteiger partial charge in [-0.1, -0.05) is 0 Å². The number of carboxylic acids is 1. The normalized spacial score (nSPS) is 10.0. The maximum Gasteiger partial charge on any atom is 0.355 e. The highest BCUT2D eigenvalue weighted by molar-refractivity contribution is 7.12. The number of primary amides is 1. The van der Waals surface area contributed by atoms with Crippen LogP contribution in [-0.4, -0.2) is 27.9 Å². The summed E-state index contributed by atoms with van der Waals surface area (Å²) in [5.41, 5.74) is 5.70. The van der Waals surface area contributed by atoms with Crippen molar-refractivity contribution in [3.05, 3.63) is 45.9 Å². The number of carbonyl (C=O) groups is 3. The lowest BCUT2D eigenvalue weighted by Crippen LogP contribution is -2.13.